The van der Waals surface area contributed by atoms with Crippen molar-refractivity contribution in [1.82, 2.24) is 9.97 Å². The smallest absolute Gasteiger partial charge is 0.308 e. The van der Waals surface area contributed by atoms with Gasteiger partial charge in [-0.3, -0.25) is 4.79 Å². The lowest BCUT2D eigenvalue weighted by atomic mass is 10.0. The van der Waals surface area contributed by atoms with E-state index in [1.807, 2.05) is 41.5 Å². The molecule has 1 aromatic heterocycles. The number of aliphatic hydroxyl groups excluding tert-OH is 2. The van der Waals surface area contributed by atoms with Crippen LogP contribution in [0.5, 0.6) is 0 Å². The Morgan fingerprint density at radius 1 is 1.19 bits per heavy atom. The molecule has 2 atom stereocenters. The quantitative estimate of drug-likeness (QED) is 0.369. The molecule has 9 heteroatoms. The number of halogens is 1. The largest absolute Gasteiger partial charge is 0.469 e. The van der Waals surface area contributed by atoms with Crippen molar-refractivity contribution in [3.05, 3.63) is 47.4 Å². The highest BCUT2D eigenvalue weighted by atomic mass is 19.1. The van der Waals surface area contributed by atoms with Crippen LogP contribution in [-0.2, 0) is 16.0 Å². The molecular weight excluding hydrogens is 463 g/mol. The van der Waals surface area contributed by atoms with Crippen molar-refractivity contribution in [1.29, 1.82) is 0 Å². The van der Waals surface area contributed by atoms with Gasteiger partial charge in [0.25, 0.3) is 0 Å². The highest BCUT2D eigenvalue weighted by molar-refractivity contribution is 5.74. The number of carbonyl (C=O) groups is 1. The molecule has 0 saturated heterocycles. The summed E-state index contributed by atoms with van der Waals surface area (Å²) < 4.78 is 17.8. The van der Waals surface area contributed by atoms with Gasteiger partial charge in [-0.15, -0.1) is 0 Å². The lowest BCUT2D eigenvalue weighted by molar-refractivity contribution is -0.143. The van der Waals surface area contributed by atoms with Crippen molar-refractivity contribution >= 4 is 18.0 Å². The van der Waals surface area contributed by atoms with E-state index < -0.39 is 18.2 Å². The molecule has 0 saturated carbocycles. The van der Waals surface area contributed by atoms with Crippen molar-refractivity contribution in [3.63, 3.8) is 0 Å². The van der Waals surface area contributed by atoms with Gasteiger partial charge in [0.05, 0.1) is 37.1 Å². The van der Waals surface area contributed by atoms with Gasteiger partial charge in [-0.2, -0.15) is 0 Å². The molecule has 1 aromatic carbocycles. The minimum Gasteiger partial charge on any atom is -0.469 e. The number of nitrogens with zero attached hydrogens (tertiary/aromatic N) is 2. The number of aromatic nitrogens is 2. The summed E-state index contributed by atoms with van der Waals surface area (Å²) in [6, 6.07) is 5.97. The fourth-order valence-corrected chi connectivity index (χ4v) is 2.82. The third-order valence-corrected chi connectivity index (χ3v) is 4.33. The van der Waals surface area contributed by atoms with E-state index >= 15 is 0 Å². The second-order valence-electron chi connectivity index (χ2n) is 8.83. The first-order chi connectivity index (χ1) is 16.9. The first-order valence-electron chi connectivity index (χ1n) is 12.1. The highest BCUT2D eigenvalue weighted by Crippen LogP contribution is 2.27. The molecule has 0 radical (unpaired) electrons. The zero-order valence-electron chi connectivity index (χ0n) is 22.8. The Morgan fingerprint density at radius 2 is 1.75 bits per heavy atom. The maximum atomic E-state index is 13.3. The summed E-state index contributed by atoms with van der Waals surface area (Å²) in [5.41, 5.74) is 8.11. The summed E-state index contributed by atoms with van der Waals surface area (Å²) in [5, 5.41) is 23.0. The highest BCUT2D eigenvalue weighted by Gasteiger charge is 2.16. The Bertz CT molecular complexity index is 938. The third kappa shape index (κ3) is 13.3. The summed E-state index contributed by atoms with van der Waals surface area (Å²) in [5.74, 6) is -0.455. The van der Waals surface area contributed by atoms with Gasteiger partial charge in [0.2, 0.25) is 5.95 Å². The summed E-state index contributed by atoms with van der Waals surface area (Å²) in [4.78, 5) is 20.2. The molecule has 0 aliphatic rings. The lowest BCUT2D eigenvalue weighted by Crippen LogP contribution is -2.26. The summed E-state index contributed by atoms with van der Waals surface area (Å²) >= 11 is 0. The molecule has 0 aliphatic carbocycles. The molecule has 5 N–H and O–H groups in total. The molecule has 0 spiro atoms. The van der Waals surface area contributed by atoms with E-state index in [1.54, 1.807) is 25.3 Å². The number of hydrogen-bond acceptors (Lipinski definition) is 8. The second kappa shape index (κ2) is 16.7. The zero-order valence-corrected chi connectivity index (χ0v) is 22.8. The number of nitrogens with two attached hydrogens (primary N) is 1. The van der Waals surface area contributed by atoms with Gasteiger partial charge in [-0.05, 0) is 51.5 Å². The molecule has 0 fully saturated rings. The summed E-state index contributed by atoms with van der Waals surface area (Å²) in [6.07, 6.45) is 1.61. The Kier molecular flexibility index (Phi) is 15.4. The van der Waals surface area contributed by atoms with Crippen LogP contribution in [0.4, 0.5) is 10.3 Å². The van der Waals surface area contributed by atoms with Crippen molar-refractivity contribution in [2.75, 3.05) is 19.5 Å². The molecule has 8 nitrogen and oxygen atoms in total. The number of nitrogens with one attached hydrogen (secondary N) is 1. The molecular formula is C27H43FN4O4. The molecule has 2 unspecified atom stereocenters. The predicted molar refractivity (Wildman–Crippen MR) is 144 cm³/mol. The van der Waals surface area contributed by atoms with Crippen molar-refractivity contribution in [2.24, 2.45) is 5.73 Å². The van der Waals surface area contributed by atoms with Crippen LogP contribution < -0.4 is 11.1 Å². The van der Waals surface area contributed by atoms with E-state index in [0.717, 1.165) is 5.69 Å². The van der Waals surface area contributed by atoms with Crippen molar-refractivity contribution < 1.29 is 24.1 Å². The number of hydrogen-bond donors (Lipinski definition) is 4. The van der Waals surface area contributed by atoms with Crippen LogP contribution in [0.25, 0.3) is 17.3 Å². The predicted octanol–water partition coefficient (Wildman–Crippen LogP) is 4.34. The molecule has 36 heavy (non-hydrogen) atoms. The maximum absolute atomic E-state index is 13.3. The van der Waals surface area contributed by atoms with Crippen LogP contribution in [0.1, 0.15) is 65.6 Å². The fourth-order valence-electron chi connectivity index (χ4n) is 2.82. The van der Waals surface area contributed by atoms with E-state index in [-0.39, 0.29) is 24.2 Å². The van der Waals surface area contributed by atoms with Crippen molar-refractivity contribution in [3.8, 4) is 11.3 Å². The standard InChI is InChI=1S/C21H26FN3O4.C4H11N.C2H6/c1-4-18-17(10-9-15(26)11-16(27)12-19(28)29-3)20(25-21(23-2)24-18)13-5-7-14(22)8-6-13;1-4(2,3)5;1-2/h5-10,15-16,26-27H,4,11-12H2,1-3H3,(H,23,24,25);5H2,1-3H3;1-2H3/b10-9+;;. The SMILES string of the molecule is CC.CC(C)(C)N.CCc1nc(NC)nc(-c2ccc(F)cc2)c1/C=C/C(O)CC(O)CC(=O)OC. The van der Waals surface area contributed by atoms with Crippen LogP contribution in [-0.4, -0.2) is 58.1 Å². The van der Waals surface area contributed by atoms with E-state index in [4.69, 9.17) is 5.73 Å². The minimum atomic E-state index is -1.02. The second-order valence-corrected chi connectivity index (χ2v) is 8.83. The minimum absolute atomic E-state index is 0. The number of rotatable bonds is 9. The average Bonchev–Trinajstić information content (AvgIpc) is 2.82. The molecule has 2 aromatic rings. The topological polar surface area (TPSA) is 131 Å². The van der Waals surface area contributed by atoms with Gasteiger partial charge in [0.1, 0.15) is 5.82 Å². The van der Waals surface area contributed by atoms with Gasteiger partial charge in [0, 0.05) is 30.1 Å². The van der Waals surface area contributed by atoms with Crippen LogP contribution in [0, 0.1) is 5.82 Å². The number of methoxy groups -OCH3 is 1. The van der Waals surface area contributed by atoms with E-state index in [1.165, 1.54) is 25.3 Å². The fraction of sp³-hybridized carbons (Fsp3) is 0.519. The van der Waals surface area contributed by atoms with Gasteiger partial charge >= 0.3 is 5.97 Å². The molecule has 0 amide bonds. The molecule has 2 rings (SSSR count). The van der Waals surface area contributed by atoms with Crippen LogP contribution in [0.15, 0.2) is 30.3 Å². The van der Waals surface area contributed by atoms with Gasteiger partial charge in [0.15, 0.2) is 0 Å². The number of aryl methyl sites for hydroxylation is 1. The van der Waals surface area contributed by atoms with Gasteiger partial charge < -0.3 is 26.0 Å². The summed E-state index contributed by atoms with van der Waals surface area (Å²) in [7, 11) is 2.95. The normalized spacial score (nSPS) is 12.6. The van der Waals surface area contributed by atoms with E-state index in [2.05, 4.69) is 20.0 Å². The zero-order chi connectivity index (χ0) is 27.9. The third-order valence-electron chi connectivity index (χ3n) is 4.33. The Labute approximate surface area is 214 Å². The number of anilines is 1. The lowest BCUT2D eigenvalue weighted by Gasteiger charge is -2.14. The molecule has 0 aliphatic heterocycles. The first kappa shape index (κ1) is 33.1. The van der Waals surface area contributed by atoms with Crippen LogP contribution >= 0.6 is 0 Å². The molecule has 0 bridgehead atoms. The average molecular weight is 507 g/mol. The number of ether oxygens (including phenoxy) is 1. The monoisotopic (exact) mass is 506 g/mol. The Balaban J connectivity index is 0.00000156. The number of aliphatic hydroxyl groups is 2. The van der Waals surface area contributed by atoms with E-state index in [9.17, 15) is 19.4 Å². The van der Waals surface area contributed by atoms with E-state index in [0.29, 0.717) is 29.2 Å². The Morgan fingerprint density at radius 3 is 2.22 bits per heavy atom. The van der Waals surface area contributed by atoms with Gasteiger partial charge in [-0.25, -0.2) is 14.4 Å². The number of carbonyl (C=O) groups excluding carboxylic acids is 1. The first-order valence-corrected chi connectivity index (χ1v) is 12.1. The number of benzene rings is 1. The maximum Gasteiger partial charge on any atom is 0.308 e. The molecule has 202 valence electrons. The number of esters is 1. The Hall–Kier alpha value is -2.88. The van der Waals surface area contributed by atoms with Crippen molar-refractivity contribution in [2.45, 2.75) is 78.6 Å². The van der Waals surface area contributed by atoms with Crippen LogP contribution in [0.2, 0.25) is 0 Å². The molecule has 1 heterocycles. The van der Waals surface area contributed by atoms with Crippen LogP contribution in [0.3, 0.4) is 0 Å². The summed E-state index contributed by atoms with van der Waals surface area (Å²) in [6.45, 7) is 11.8. The van der Waals surface area contributed by atoms with Gasteiger partial charge in [-0.1, -0.05) is 32.9 Å².